The molecule has 0 bridgehead atoms. The molecule has 1 N–H and O–H groups in total. The number of methoxy groups -OCH3 is 1. The Balaban J connectivity index is 1.37. The molecule has 3 aliphatic rings. The number of ether oxygens (including phenoxy) is 2. The number of nitrogens with zero attached hydrogens (tertiary/aromatic N) is 2. The van der Waals surface area contributed by atoms with Gasteiger partial charge in [0, 0.05) is 58.3 Å². The molecular weight excluding hydrogens is 294 g/mol. The second-order valence-electron chi connectivity index (χ2n) is 7.07. The minimum Gasteiger partial charge on any atom is -0.381 e. The van der Waals surface area contributed by atoms with E-state index in [2.05, 4.69) is 10.2 Å². The van der Waals surface area contributed by atoms with Crippen molar-refractivity contribution in [3.8, 4) is 0 Å². The van der Waals surface area contributed by atoms with Crippen molar-refractivity contribution in [2.75, 3.05) is 53.0 Å². The molecule has 0 spiro atoms. The zero-order valence-electron chi connectivity index (χ0n) is 14.3. The first-order chi connectivity index (χ1) is 11.2. The molecule has 0 aromatic heterocycles. The lowest BCUT2D eigenvalue weighted by Gasteiger charge is -2.31. The summed E-state index contributed by atoms with van der Waals surface area (Å²) in [6.07, 6.45) is 5.69. The number of rotatable bonds is 6. The molecule has 2 aliphatic heterocycles. The quantitative estimate of drug-likeness (QED) is 0.769. The van der Waals surface area contributed by atoms with Gasteiger partial charge in [-0.05, 0) is 25.7 Å². The van der Waals surface area contributed by atoms with E-state index in [9.17, 15) is 4.79 Å². The number of carbonyl (C=O) groups is 1. The summed E-state index contributed by atoms with van der Waals surface area (Å²) in [7, 11) is 1.81. The third kappa shape index (κ3) is 4.89. The molecule has 1 amide bonds. The highest BCUT2D eigenvalue weighted by atomic mass is 16.5. The summed E-state index contributed by atoms with van der Waals surface area (Å²) in [5.41, 5.74) is 0. The number of amides is 1. The van der Waals surface area contributed by atoms with E-state index in [1.54, 1.807) is 7.11 Å². The smallest absolute Gasteiger partial charge is 0.224 e. The first-order valence-corrected chi connectivity index (χ1v) is 9.11. The number of morpholine rings is 1. The fraction of sp³-hybridized carbons (Fsp3) is 0.941. The molecule has 0 aromatic rings. The molecule has 3 fully saturated rings. The van der Waals surface area contributed by atoms with Gasteiger partial charge in [-0.2, -0.15) is 0 Å². The van der Waals surface area contributed by atoms with Crippen LogP contribution in [-0.2, 0) is 14.3 Å². The van der Waals surface area contributed by atoms with Gasteiger partial charge in [0.05, 0.1) is 19.3 Å². The molecule has 3 rings (SSSR count). The van der Waals surface area contributed by atoms with E-state index in [0.29, 0.717) is 30.5 Å². The molecular formula is C17H31N3O3. The maximum atomic E-state index is 12.2. The van der Waals surface area contributed by atoms with Gasteiger partial charge in [-0.3, -0.25) is 9.69 Å². The van der Waals surface area contributed by atoms with Gasteiger partial charge in [-0.15, -0.1) is 0 Å². The highest BCUT2D eigenvalue weighted by Gasteiger charge is 2.32. The standard InChI is InChI=1S/C17H31N3O3/c1-22-16-4-2-14(3-5-16)18-15-12-17(21)20(13-15)7-6-19-8-10-23-11-9-19/h14-16,18H,2-13H2,1H3. The fourth-order valence-corrected chi connectivity index (χ4v) is 3.99. The summed E-state index contributed by atoms with van der Waals surface area (Å²) in [6.45, 7) is 6.32. The largest absolute Gasteiger partial charge is 0.381 e. The summed E-state index contributed by atoms with van der Waals surface area (Å²) < 4.78 is 10.8. The van der Waals surface area contributed by atoms with Crippen LogP contribution in [0.5, 0.6) is 0 Å². The van der Waals surface area contributed by atoms with Crippen LogP contribution in [0.4, 0.5) is 0 Å². The minimum atomic E-state index is 0.307. The van der Waals surface area contributed by atoms with Crippen molar-refractivity contribution in [1.82, 2.24) is 15.1 Å². The van der Waals surface area contributed by atoms with Gasteiger partial charge in [0.2, 0.25) is 5.91 Å². The summed E-state index contributed by atoms with van der Waals surface area (Å²) >= 11 is 0. The Morgan fingerprint density at radius 2 is 1.87 bits per heavy atom. The predicted octanol–water partition coefficient (Wildman–Crippen LogP) is 0.467. The molecule has 1 saturated carbocycles. The van der Waals surface area contributed by atoms with E-state index in [1.807, 2.05) is 4.90 Å². The van der Waals surface area contributed by atoms with E-state index in [-0.39, 0.29) is 0 Å². The summed E-state index contributed by atoms with van der Waals surface area (Å²) in [5, 5.41) is 3.71. The summed E-state index contributed by atoms with van der Waals surface area (Å²) in [5.74, 6) is 0.307. The predicted molar refractivity (Wildman–Crippen MR) is 88.4 cm³/mol. The Labute approximate surface area is 139 Å². The van der Waals surface area contributed by atoms with Gasteiger partial charge in [0.1, 0.15) is 0 Å². The SMILES string of the molecule is COC1CCC(NC2CC(=O)N(CCN3CCOCC3)C2)CC1. The van der Waals surface area contributed by atoms with Gasteiger partial charge in [-0.1, -0.05) is 0 Å². The van der Waals surface area contributed by atoms with Crippen molar-refractivity contribution in [2.45, 2.75) is 50.3 Å². The first-order valence-electron chi connectivity index (χ1n) is 9.11. The molecule has 6 nitrogen and oxygen atoms in total. The average molecular weight is 325 g/mol. The van der Waals surface area contributed by atoms with Crippen molar-refractivity contribution in [3.05, 3.63) is 0 Å². The number of nitrogens with one attached hydrogen (secondary N) is 1. The van der Waals surface area contributed by atoms with Crippen molar-refractivity contribution in [3.63, 3.8) is 0 Å². The molecule has 1 atom stereocenters. The molecule has 1 unspecified atom stereocenters. The van der Waals surface area contributed by atoms with Crippen LogP contribution in [0.25, 0.3) is 0 Å². The van der Waals surface area contributed by atoms with Gasteiger partial charge < -0.3 is 19.7 Å². The molecule has 0 aromatic carbocycles. The Bertz CT molecular complexity index is 379. The molecule has 1 aliphatic carbocycles. The second kappa shape index (κ2) is 8.42. The van der Waals surface area contributed by atoms with Gasteiger partial charge in [0.15, 0.2) is 0 Å². The maximum Gasteiger partial charge on any atom is 0.224 e. The zero-order chi connectivity index (χ0) is 16.1. The Morgan fingerprint density at radius 1 is 1.13 bits per heavy atom. The summed E-state index contributed by atoms with van der Waals surface area (Å²) in [4.78, 5) is 16.6. The third-order valence-electron chi connectivity index (χ3n) is 5.48. The molecule has 132 valence electrons. The summed E-state index contributed by atoms with van der Waals surface area (Å²) in [6, 6.07) is 0.884. The Hall–Kier alpha value is -0.690. The van der Waals surface area contributed by atoms with E-state index >= 15 is 0 Å². The van der Waals surface area contributed by atoms with Crippen LogP contribution in [0.2, 0.25) is 0 Å². The number of carbonyl (C=O) groups excluding carboxylic acids is 1. The first kappa shape index (κ1) is 17.1. The molecule has 6 heteroatoms. The highest BCUT2D eigenvalue weighted by molar-refractivity contribution is 5.79. The monoisotopic (exact) mass is 325 g/mol. The minimum absolute atomic E-state index is 0.307. The van der Waals surface area contributed by atoms with Gasteiger partial charge >= 0.3 is 0 Å². The van der Waals surface area contributed by atoms with Crippen molar-refractivity contribution in [1.29, 1.82) is 0 Å². The molecule has 2 heterocycles. The zero-order valence-corrected chi connectivity index (χ0v) is 14.3. The van der Waals surface area contributed by atoms with Crippen LogP contribution >= 0.6 is 0 Å². The van der Waals surface area contributed by atoms with Crippen LogP contribution in [0.15, 0.2) is 0 Å². The Morgan fingerprint density at radius 3 is 2.57 bits per heavy atom. The number of likely N-dealkylation sites (tertiary alicyclic amines) is 1. The normalized spacial score (nSPS) is 33.3. The van der Waals surface area contributed by atoms with Crippen molar-refractivity contribution >= 4 is 5.91 Å². The lowest BCUT2D eigenvalue weighted by molar-refractivity contribution is -0.128. The van der Waals surface area contributed by atoms with Gasteiger partial charge in [0.25, 0.3) is 0 Å². The molecule has 0 radical (unpaired) electrons. The van der Waals surface area contributed by atoms with Crippen LogP contribution in [-0.4, -0.2) is 86.9 Å². The number of hydrogen-bond acceptors (Lipinski definition) is 5. The topological polar surface area (TPSA) is 54.0 Å². The van der Waals surface area contributed by atoms with Crippen molar-refractivity contribution in [2.24, 2.45) is 0 Å². The van der Waals surface area contributed by atoms with Gasteiger partial charge in [-0.25, -0.2) is 0 Å². The van der Waals surface area contributed by atoms with Crippen LogP contribution in [0.1, 0.15) is 32.1 Å². The lowest BCUT2D eigenvalue weighted by atomic mass is 9.92. The molecule has 2 saturated heterocycles. The lowest BCUT2D eigenvalue weighted by Crippen LogP contribution is -2.44. The number of hydrogen-bond donors (Lipinski definition) is 1. The van der Waals surface area contributed by atoms with E-state index < -0.39 is 0 Å². The van der Waals surface area contributed by atoms with Crippen LogP contribution < -0.4 is 5.32 Å². The van der Waals surface area contributed by atoms with E-state index in [1.165, 1.54) is 0 Å². The highest BCUT2D eigenvalue weighted by Crippen LogP contribution is 2.22. The fourth-order valence-electron chi connectivity index (χ4n) is 3.99. The maximum absolute atomic E-state index is 12.2. The van der Waals surface area contributed by atoms with E-state index in [4.69, 9.17) is 9.47 Å². The average Bonchev–Trinajstić information content (AvgIpc) is 2.94. The third-order valence-corrected chi connectivity index (χ3v) is 5.48. The van der Waals surface area contributed by atoms with Crippen LogP contribution in [0, 0.1) is 0 Å². The van der Waals surface area contributed by atoms with E-state index in [0.717, 1.165) is 71.6 Å². The van der Waals surface area contributed by atoms with Crippen LogP contribution in [0.3, 0.4) is 0 Å². The Kier molecular flexibility index (Phi) is 6.28. The van der Waals surface area contributed by atoms with Crippen molar-refractivity contribution < 1.29 is 14.3 Å². The second-order valence-corrected chi connectivity index (χ2v) is 7.07. The molecule has 23 heavy (non-hydrogen) atoms.